The van der Waals surface area contributed by atoms with Crippen molar-refractivity contribution in [1.29, 1.82) is 0 Å². The molecule has 1 saturated heterocycles. The first-order valence-electron chi connectivity index (χ1n) is 14.0. The van der Waals surface area contributed by atoms with Crippen LogP contribution in [0, 0.1) is 0 Å². The highest BCUT2D eigenvalue weighted by atomic mass is 35.5. The molecule has 10 nitrogen and oxygen atoms in total. The van der Waals surface area contributed by atoms with Crippen LogP contribution in [0.25, 0.3) is 11.3 Å². The maximum atomic E-state index is 11.2. The van der Waals surface area contributed by atoms with E-state index < -0.39 is 0 Å². The predicted octanol–water partition coefficient (Wildman–Crippen LogP) is 2.96. The number of amides is 1. The molecule has 1 amide bonds. The van der Waals surface area contributed by atoms with Gasteiger partial charge in [-0.1, -0.05) is 23.7 Å². The normalized spacial score (nSPS) is 14.8. The molecular formula is C30H37ClN6O4. The number of aromatic nitrogens is 2. The topological polar surface area (TPSA) is 115 Å². The number of nitrogens with zero attached hydrogens (tertiary/aromatic N) is 4. The van der Waals surface area contributed by atoms with E-state index in [0.29, 0.717) is 37.4 Å². The van der Waals surface area contributed by atoms with Gasteiger partial charge in [-0.25, -0.2) is 4.98 Å². The Balaban J connectivity index is 1.15. The summed E-state index contributed by atoms with van der Waals surface area (Å²) in [5, 5.41) is 3.24. The van der Waals surface area contributed by atoms with Gasteiger partial charge in [-0.2, -0.15) is 4.98 Å². The lowest BCUT2D eigenvalue weighted by Crippen LogP contribution is -2.48. The second-order valence-corrected chi connectivity index (χ2v) is 10.6. The van der Waals surface area contributed by atoms with Crippen LogP contribution in [0.5, 0.6) is 5.75 Å². The van der Waals surface area contributed by atoms with Crippen molar-refractivity contribution in [2.24, 2.45) is 0 Å². The van der Waals surface area contributed by atoms with E-state index in [1.165, 1.54) is 5.56 Å². The number of aryl methyl sites for hydroxylation is 1. The average molecular weight is 581 g/mol. The van der Waals surface area contributed by atoms with E-state index in [1.807, 2.05) is 30.3 Å². The quantitative estimate of drug-likeness (QED) is 0.312. The summed E-state index contributed by atoms with van der Waals surface area (Å²) in [6, 6.07) is 13.9. The zero-order valence-corrected chi connectivity index (χ0v) is 24.2. The van der Waals surface area contributed by atoms with Gasteiger partial charge in [0.25, 0.3) is 0 Å². The second-order valence-electron chi connectivity index (χ2n) is 10.1. The van der Waals surface area contributed by atoms with E-state index in [1.54, 1.807) is 7.05 Å². The first-order valence-corrected chi connectivity index (χ1v) is 14.4. The van der Waals surface area contributed by atoms with Gasteiger partial charge >= 0.3 is 0 Å². The van der Waals surface area contributed by atoms with E-state index >= 15 is 0 Å². The van der Waals surface area contributed by atoms with Crippen LogP contribution in [-0.2, 0) is 33.7 Å². The number of halogens is 1. The molecule has 1 aliphatic heterocycles. The van der Waals surface area contributed by atoms with Crippen molar-refractivity contribution in [1.82, 2.24) is 20.2 Å². The van der Waals surface area contributed by atoms with Crippen molar-refractivity contribution < 1.29 is 19.0 Å². The third-order valence-corrected chi connectivity index (χ3v) is 7.66. The summed E-state index contributed by atoms with van der Waals surface area (Å²) < 4.78 is 17.0. The number of benzene rings is 2. The fraction of sp³-hybridized carbons (Fsp3) is 0.433. The number of nitrogen functional groups attached to an aromatic ring is 1. The maximum absolute atomic E-state index is 11.2. The molecule has 5 rings (SSSR count). The number of rotatable bonds is 12. The third kappa shape index (κ3) is 7.65. The number of hydrogen-bond donors (Lipinski definition) is 2. The van der Waals surface area contributed by atoms with Crippen molar-refractivity contribution in [3.05, 3.63) is 64.2 Å². The number of carbonyl (C=O) groups excluding carboxylic acids is 1. The molecule has 2 aliphatic rings. The molecule has 0 radical (unpaired) electrons. The van der Waals surface area contributed by atoms with E-state index in [0.717, 1.165) is 79.5 Å². The Bertz CT molecular complexity index is 1330. The van der Waals surface area contributed by atoms with E-state index in [4.69, 9.17) is 36.5 Å². The Hall–Kier alpha value is -3.44. The number of nitrogens with two attached hydrogens (primary N) is 1. The summed E-state index contributed by atoms with van der Waals surface area (Å²) in [6.45, 7) is 6.46. The molecule has 0 spiro atoms. The molecule has 218 valence electrons. The number of anilines is 2. The molecule has 1 aliphatic carbocycles. The number of nitrogens with one attached hydrogen (secondary N) is 1. The molecule has 0 unspecified atom stereocenters. The van der Waals surface area contributed by atoms with E-state index in [-0.39, 0.29) is 12.5 Å². The molecule has 11 heteroatoms. The largest absolute Gasteiger partial charge is 0.489 e. The van der Waals surface area contributed by atoms with Gasteiger partial charge in [0.05, 0.1) is 25.5 Å². The standard InChI is InChI=1S/C30H37ClN6O4/c1-33-27(38)20-40-17-16-39-15-14-36-10-12-37(13-11-36)29-26-8-4-22-18-24(41-19-21-2-5-23(31)6-3-21)7-9-25(22)28(26)34-30(32)35-29/h2-3,5-7,9,18H,4,8,10-17,19-20H2,1H3,(H,33,38)(H2,32,34,35). The van der Waals surface area contributed by atoms with Crippen LogP contribution in [-0.4, -0.2) is 87.0 Å². The van der Waals surface area contributed by atoms with Gasteiger partial charge in [0, 0.05) is 55.9 Å². The lowest BCUT2D eigenvalue weighted by Gasteiger charge is -2.37. The van der Waals surface area contributed by atoms with Crippen LogP contribution >= 0.6 is 11.6 Å². The van der Waals surface area contributed by atoms with Gasteiger partial charge in [-0.05, 0) is 54.3 Å². The highest BCUT2D eigenvalue weighted by Crippen LogP contribution is 2.38. The van der Waals surface area contributed by atoms with Crippen molar-refractivity contribution in [3.63, 3.8) is 0 Å². The van der Waals surface area contributed by atoms with Crippen molar-refractivity contribution in [2.45, 2.75) is 19.4 Å². The Morgan fingerprint density at radius 1 is 1.00 bits per heavy atom. The zero-order chi connectivity index (χ0) is 28.6. The van der Waals surface area contributed by atoms with Crippen molar-refractivity contribution in [2.75, 3.05) is 76.8 Å². The molecule has 3 N–H and O–H groups in total. The molecule has 3 aromatic rings. The average Bonchev–Trinajstić information content (AvgIpc) is 2.99. The minimum absolute atomic E-state index is 0.0608. The van der Waals surface area contributed by atoms with Gasteiger partial charge in [-0.15, -0.1) is 0 Å². The van der Waals surface area contributed by atoms with E-state index in [9.17, 15) is 4.79 Å². The third-order valence-electron chi connectivity index (χ3n) is 7.41. The second kappa shape index (κ2) is 14.0. The Labute approximate surface area is 245 Å². The first kappa shape index (κ1) is 29.1. The molecule has 0 saturated carbocycles. The summed E-state index contributed by atoms with van der Waals surface area (Å²) in [5.41, 5.74) is 11.7. The van der Waals surface area contributed by atoms with Crippen molar-refractivity contribution >= 4 is 29.3 Å². The molecule has 0 bridgehead atoms. The number of ether oxygens (including phenoxy) is 3. The lowest BCUT2D eigenvalue weighted by atomic mass is 9.88. The molecule has 1 fully saturated rings. The summed E-state index contributed by atoms with van der Waals surface area (Å²) in [4.78, 5) is 25.2. The maximum Gasteiger partial charge on any atom is 0.245 e. The smallest absolute Gasteiger partial charge is 0.245 e. The number of fused-ring (bicyclic) bond motifs is 3. The molecule has 0 atom stereocenters. The monoisotopic (exact) mass is 580 g/mol. The molecular weight excluding hydrogens is 544 g/mol. The molecule has 41 heavy (non-hydrogen) atoms. The van der Waals surface area contributed by atoms with Gasteiger partial charge in [-0.3, -0.25) is 9.69 Å². The van der Waals surface area contributed by atoms with Crippen LogP contribution in [0.4, 0.5) is 11.8 Å². The fourth-order valence-electron chi connectivity index (χ4n) is 5.14. The zero-order valence-electron chi connectivity index (χ0n) is 23.4. The summed E-state index contributed by atoms with van der Waals surface area (Å²) in [6.07, 6.45) is 1.75. The lowest BCUT2D eigenvalue weighted by molar-refractivity contribution is -0.125. The number of piperazine rings is 1. The minimum atomic E-state index is -0.135. The summed E-state index contributed by atoms with van der Waals surface area (Å²) in [7, 11) is 1.59. The van der Waals surface area contributed by atoms with Gasteiger partial charge in [0.15, 0.2) is 0 Å². The number of carbonyl (C=O) groups is 1. The highest BCUT2D eigenvalue weighted by molar-refractivity contribution is 6.30. The summed E-state index contributed by atoms with van der Waals surface area (Å²) >= 11 is 5.99. The van der Waals surface area contributed by atoms with Gasteiger partial charge in [0.2, 0.25) is 11.9 Å². The van der Waals surface area contributed by atoms with E-state index in [2.05, 4.69) is 32.2 Å². The van der Waals surface area contributed by atoms with Crippen LogP contribution in [0.15, 0.2) is 42.5 Å². The number of likely N-dealkylation sites (N-methyl/N-ethyl adjacent to an activating group) is 1. The minimum Gasteiger partial charge on any atom is -0.489 e. The Kier molecular flexibility index (Phi) is 9.89. The Morgan fingerprint density at radius 2 is 1.78 bits per heavy atom. The van der Waals surface area contributed by atoms with Gasteiger partial charge < -0.3 is 30.2 Å². The van der Waals surface area contributed by atoms with Crippen LogP contribution in [0.1, 0.15) is 16.7 Å². The number of hydrogen-bond acceptors (Lipinski definition) is 9. The first-order chi connectivity index (χ1) is 20.0. The molecule has 2 heterocycles. The van der Waals surface area contributed by atoms with Crippen LogP contribution < -0.4 is 20.7 Å². The van der Waals surface area contributed by atoms with Gasteiger partial charge in [0.1, 0.15) is 24.8 Å². The van der Waals surface area contributed by atoms with Crippen LogP contribution in [0.3, 0.4) is 0 Å². The predicted molar refractivity (Wildman–Crippen MR) is 159 cm³/mol. The Morgan fingerprint density at radius 3 is 2.56 bits per heavy atom. The SMILES string of the molecule is CNC(=O)COCCOCCN1CCN(c2nc(N)nc3c2CCc2cc(OCc4ccc(Cl)cc4)ccc2-3)CC1. The van der Waals surface area contributed by atoms with Crippen molar-refractivity contribution in [3.8, 4) is 17.0 Å². The fourth-order valence-corrected chi connectivity index (χ4v) is 5.27. The molecule has 2 aromatic carbocycles. The summed E-state index contributed by atoms with van der Waals surface area (Å²) in [5.74, 6) is 1.94. The molecule has 1 aromatic heterocycles. The van der Waals surface area contributed by atoms with Crippen LogP contribution in [0.2, 0.25) is 5.02 Å². The highest BCUT2D eigenvalue weighted by Gasteiger charge is 2.27.